The number of hydrogen-bond donors (Lipinski definition) is 2. The number of pyridine rings is 1. The fourth-order valence-electron chi connectivity index (χ4n) is 1.91. The van der Waals surface area contributed by atoms with E-state index in [9.17, 15) is 13.2 Å². The zero-order chi connectivity index (χ0) is 19.0. The largest absolute Gasteiger partial charge is 0.476 e. The highest BCUT2D eigenvalue weighted by Crippen LogP contribution is 2.29. The molecule has 0 aliphatic carbocycles. The van der Waals surface area contributed by atoms with Crippen LogP contribution in [0.15, 0.2) is 29.6 Å². The van der Waals surface area contributed by atoms with Crippen molar-refractivity contribution in [3.05, 3.63) is 36.0 Å². The molecule has 0 saturated heterocycles. The van der Waals surface area contributed by atoms with E-state index in [0.717, 1.165) is 12.3 Å². The molecule has 2 heterocycles. The quantitative estimate of drug-likeness (QED) is 0.262. The summed E-state index contributed by atoms with van der Waals surface area (Å²) in [5.74, 6) is 1.41. The number of guanidine groups is 1. The normalized spacial score (nSPS) is 11.7. The molecule has 0 radical (unpaired) electrons. The van der Waals surface area contributed by atoms with E-state index in [0.29, 0.717) is 31.4 Å². The van der Waals surface area contributed by atoms with E-state index in [2.05, 4.69) is 30.7 Å². The number of nitrogens with zero attached hydrogens (tertiary/aromatic N) is 5. The average molecular weight is 499 g/mol. The molecular formula is C15H21F3IN7O. The molecule has 0 amide bonds. The monoisotopic (exact) mass is 499 g/mol. The minimum Gasteiger partial charge on any atom is -0.476 e. The first kappa shape index (κ1) is 22.9. The maximum Gasteiger partial charge on any atom is 0.417 e. The first-order valence-corrected chi connectivity index (χ1v) is 7.91. The van der Waals surface area contributed by atoms with Gasteiger partial charge in [-0.25, -0.2) is 15.0 Å². The number of aryl methyl sites for hydroxylation is 1. The van der Waals surface area contributed by atoms with Crippen LogP contribution in [-0.2, 0) is 19.8 Å². The van der Waals surface area contributed by atoms with Crippen LogP contribution in [0.1, 0.15) is 18.3 Å². The lowest BCUT2D eigenvalue weighted by atomic mass is 10.3. The van der Waals surface area contributed by atoms with Crippen LogP contribution in [0.4, 0.5) is 13.2 Å². The second kappa shape index (κ2) is 10.9. The Bertz CT molecular complexity index is 719. The topological polar surface area (TPSA) is 89.2 Å². The number of rotatable bonds is 7. The van der Waals surface area contributed by atoms with E-state index in [4.69, 9.17) is 4.74 Å². The number of nitrogens with one attached hydrogen (secondary N) is 2. The maximum absolute atomic E-state index is 12.5. The molecule has 2 aromatic rings. The van der Waals surface area contributed by atoms with Crippen LogP contribution in [0.3, 0.4) is 0 Å². The lowest BCUT2D eigenvalue weighted by Gasteiger charge is -2.12. The smallest absolute Gasteiger partial charge is 0.417 e. The van der Waals surface area contributed by atoms with Gasteiger partial charge in [0.1, 0.15) is 25.3 Å². The van der Waals surface area contributed by atoms with Crippen LogP contribution in [0.5, 0.6) is 5.88 Å². The third-order valence-electron chi connectivity index (χ3n) is 3.24. The second-order valence-corrected chi connectivity index (χ2v) is 5.15. The van der Waals surface area contributed by atoms with Gasteiger partial charge in [0.05, 0.1) is 12.1 Å². The summed E-state index contributed by atoms with van der Waals surface area (Å²) < 4.78 is 44.4. The Morgan fingerprint density at radius 1 is 1.26 bits per heavy atom. The van der Waals surface area contributed by atoms with Gasteiger partial charge in [-0.15, -0.1) is 24.0 Å². The van der Waals surface area contributed by atoms with E-state index in [-0.39, 0.29) is 36.5 Å². The van der Waals surface area contributed by atoms with Crippen molar-refractivity contribution in [2.24, 2.45) is 12.0 Å². The molecule has 8 nitrogen and oxygen atoms in total. The number of halogens is 4. The number of hydrogen-bond acceptors (Lipinski definition) is 5. The molecule has 0 atom stereocenters. The Morgan fingerprint density at radius 3 is 2.59 bits per heavy atom. The molecule has 12 heteroatoms. The van der Waals surface area contributed by atoms with Gasteiger partial charge in [0.2, 0.25) is 5.88 Å². The Kier molecular flexibility index (Phi) is 9.25. The Labute approximate surface area is 171 Å². The first-order chi connectivity index (χ1) is 12.4. The third-order valence-corrected chi connectivity index (χ3v) is 3.24. The van der Waals surface area contributed by atoms with Crippen molar-refractivity contribution in [2.45, 2.75) is 19.6 Å². The summed E-state index contributed by atoms with van der Waals surface area (Å²) >= 11 is 0. The number of ether oxygens (including phenoxy) is 1. The van der Waals surface area contributed by atoms with Crippen molar-refractivity contribution in [3.63, 3.8) is 0 Å². The molecule has 0 saturated carbocycles. The van der Waals surface area contributed by atoms with Gasteiger partial charge in [0.15, 0.2) is 5.96 Å². The molecule has 2 rings (SSSR count). The van der Waals surface area contributed by atoms with E-state index in [1.54, 1.807) is 11.7 Å². The zero-order valence-electron chi connectivity index (χ0n) is 14.8. The van der Waals surface area contributed by atoms with Gasteiger partial charge < -0.3 is 15.4 Å². The lowest BCUT2D eigenvalue weighted by Crippen LogP contribution is -2.39. The van der Waals surface area contributed by atoms with Crippen LogP contribution < -0.4 is 15.4 Å². The van der Waals surface area contributed by atoms with Crippen LogP contribution in [0.25, 0.3) is 0 Å². The lowest BCUT2D eigenvalue weighted by molar-refractivity contribution is -0.137. The molecule has 0 bridgehead atoms. The Balaban J connectivity index is 0.00000364. The number of aliphatic imine (C=N–C) groups is 1. The van der Waals surface area contributed by atoms with Crippen LogP contribution >= 0.6 is 24.0 Å². The van der Waals surface area contributed by atoms with Crippen molar-refractivity contribution in [1.29, 1.82) is 0 Å². The standard InChI is InChI=1S/C15H20F3N7O.HI/c1-3-19-14(22-9-12-23-10-24-25(12)2)20-6-7-26-13-5-4-11(8-21-13)15(16,17)18;/h4-5,8,10H,3,6-7,9H2,1-2H3,(H2,19,20,22);1H. The molecule has 0 spiro atoms. The van der Waals surface area contributed by atoms with E-state index in [1.807, 2.05) is 6.92 Å². The SMILES string of the molecule is CCNC(=NCc1ncnn1C)NCCOc1ccc(C(F)(F)F)cn1.I. The highest BCUT2D eigenvalue weighted by molar-refractivity contribution is 14.0. The van der Waals surface area contributed by atoms with Crippen molar-refractivity contribution < 1.29 is 17.9 Å². The summed E-state index contributed by atoms with van der Waals surface area (Å²) in [6, 6.07) is 2.12. The van der Waals surface area contributed by atoms with Gasteiger partial charge in [-0.2, -0.15) is 18.3 Å². The Hall–Kier alpha value is -2.12. The molecule has 2 N–H and O–H groups in total. The fourth-order valence-corrected chi connectivity index (χ4v) is 1.91. The molecule has 27 heavy (non-hydrogen) atoms. The molecule has 0 unspecified atom stereocenters. The average Bonchev–Trinajstić information content (AvgIpc) is 3.01. The molecule has 2 aromatic heterocycles. The van der Waals surface area contributed by atoms with Crippen molar-refractivity contribution >= 4 is 29.9 Å². The summed E-state index contributed by atoms with van der Waals surface area (Å²) in [6.07, 6.45) is -2.21. The van der Waals surface area contributed by atoms with E-state index < -0.39 is 11.7 Å². The summed E-state index contributed by atoms with van der Waals surface area (Å²) in [6.45, 7) is 3.57. The second-order valence-electron chi connectivity index (χ2n) is 5.15. The molecule has 0 aromatic carbocycles. The van der Waals surface area contributed by atoms with Gasteiger partial charge >= 0.3 is 6.18 Å². The van der Waals surface area contributed by atoms with Gasteiger partial charge in [0, 0.05) is 25.9 Å². The van der Waals surface area contributed by atoms with Crippen LogP contribution in [0, 0.1) is 0 Å². The van der Waals surface area contributed by atoms with Crippen molar-refractivity contribution in [2.75, 3.05) is 19.7 Å². The van der Waals surface area contributed by atoms with Gasteiger partial charge in [-0.1, -0.05) is 0 Å². The van der Waals surface area contributed by atoms with Crippen LogP contribution in [-0.4, -0.2) is 45.4 Å². The molecule has 0 aliphatic heterocycles. The van der Waals surface area contributed by atoms with Crippen molar-refractivity contribution in [3.8, 4) is 5.88 Å². The number of aromatic nitrogens is 4. The van der Waals surface area contributed by atoms with E-state index >= 15 is 0 Å². The highest BCUT2D eigenvalue weighted by Gasteiger charge is 2.30. The summed E-state index contributed by atoms with van der Waals surface area (Å²) in [7, 11) is 1.78. The first-order valence-electron chi connectivity index (χ1n) is 7.91. The highest BCUT2D eigenvalue weighted by atomic mass is 127. The molecular weight excluding hydrogens is 478 g/mol. The summed E-state index contributed by atoms with van der Waals surface area (Å²) in [5, 5.41) is 10.1. The van der Waals surface area contributed by atoms with Crippen molar-refractivity contribution in [1.82, 2.24) is 30.4 Å². The van der Waals surface area contributed by atoms with Gasteiger partial charge in [-0.05, 0) is 13.0 Å². The predicted octanol–water partition coefficient (Wildman–Crippen LogP) is 1.98. The minimum atomic E-state index is -4.41. The Morgan fingerprint density at radius 2 is 2.04 bits per heavy atom. The molecule has 150 valence electrons. The summed E-state index contributed by atoms with van der Waals surface area (Å²) in [5.41, 5.74) is -0.812. The summed E-state index contributed by atoms with van der Waals surface area (Å²) in [4.78, 5) is 12.1. The maximum atomic E-state index is 12.5. The minimum absolute atomic E-state index is 0. The molecule has 0 aliphatic rings. The fraction of sp³-hybridized carbons (Fsp3) is 0.467. The van der Waals surface area contributed by atoms with E-state index in [1.165, 1.54) is 12.4 Å². The van der Waals surface area contributed by atoms with Gasteiger partial charge in [-0.3, -0.25) is 4.68 Å². The number of alkyl halides is 3. The zero-order valence-corrected chi connectivity index (χ0v) is 17.2. The molecule has 0 fully saturated rings. The predicted molar refractivity (Wildman–Crippen MR) is 104 cm³/mol. The van der Waals surface area contributed by atoms with Crippen LogP contribution in [0.2, 0.25) is 0 Å². The third kappa shape index (κ3) is 7.56. The van der Waals surface area contributed by atoms with Gasteiger partial charge in [0.25, 0.3) is 0 Å².